The van der Waals surface area contributed by atoms with Crippen LogP contribution in [-0.2, 0) is 4.79 Å². The van der Waals surface area contributed by atoms with Gasteiger partial charge in [0.15, 0.2) is 0 Å². The average Bonchev–Trinajstić information content (AvgIpc) is 3.12. The summed E-state index contributed by atoms with van der Waals surface area (Å²) in [5, 5.41) is 4.19. The molecule has 3 rings (SSSR count). The highest BCUT2D eigenvalue weighted by molar-refractivity contribution is 5.85. The Bertz CT molecular complexity index is 444. The van der Waals surface area contributed by atoms with Crippen LogP contribution in [0.3, 0.4) is 0 Å². The zero-order chi connectivity index (χ0) is 13.9. The molecule has 2 atom stereocenters. The first kappa shape index (κ1) is 16.2. The van der Waals surface area contributed by atoms with E-state index in [1.165, 1.54) is 6.42 Å². The Balaban J connectivity index is 0.00000161. The van der Waals surface area contributed by atoms with Gasteiger partial charge in [-0.25, -0.2) is 9.67 Å². The van der Waals surface area contributed by atoms with E-state index in [-0.39, 0.29) is 24.4 Å². The molecule has 21 heavy (non-hydrogen) atoms. The van der Waals surface area contributed by atoms with E-state index in [9.17, 15) is 4.79 Å². The quantitative estimate of drug-likeness (QED) is 0.914. The van der Waals surface area contributed by atoms with Gasteiger partial charge in [0.25, 0.3) is 0 Å². The van der Waals surface area contributed by atoms with Gasteiger partial charge in [-0.1, -0.05) is 6.42 Å². The van der Waals surface area contributed by atoms with Crippen LogP contribution in [0.25, 0.3) is 0 Å². The molecule has 1 aromatic heterocycles. The molecule has 0 spiro atoms. The van der Waals surface area contributed by atoms with Gasteiger partial charge >= 0.3 is 0 Å². The highest BCUT2D eigenvalue weighted by atomic mass is 35.5. The van der Waals surface area contributed by atoms with Crippen LogP contribution >= 0.6 is 12.4 Å². The number of carbonyl (C=O) groups is 1. The first-order valence-electron chi connectivity index (χ1n) is 7.61. The minimum Gasteiger partial charge on any atom is -0.343 e. The molecular weight excluding hydrogens is 290 g/mol. The standard InChI is InChI=1S/C14H23N5O.ClH/c15-13-3-1-2-11(13)8-14(20)18-6-4-12(5-7-18)19-10-16-9-17-19;/h9-13H,1-8,15H2;1H/t11-,13+;/m0./s1. The summed E-state index contributed by atoms with van der Waals surface area (Å²) in [6, 6.07) is 0.613. The Morgan fingerprint density at radius 2 is 2.00 bits per heavy atom. The second-order valence-electron chi connectivity index (χ2n) is 6.05. The zero-order valence-corrected chi connectivity index (χ0v) is 13.0. The smallest absolute Gasteiger partial charge is 0.222 e. The Hall–Kier alpha value is -1.14. The first-order valence-corrected chi connectivity index (χ1v) is 7.61. The lowest BCUT2D eigenvalue weighted by molar-refractivity contribution is -0.133. The SMILES string of the molecule is Cl.N[C@@H]1CCC[C@H]1CC(=O)N1CCC(n2cncn2)CC1. The summed E-state index contributed by atoms with van der Waals surface area (Å²) in [6.07, 6.45) is 9.26. The summed E-state index contributed by atoms with van der Waals surface area (Å²) in [5.74, 6) is 0.680. The van der Waals surface area contributed by atoms with E-state index in [0.717, 1.165) is 38.8 Å². The van der Waals surface area contributed by atoms with Crippen molar-refractivity contribution in [3.8, 4) is 0 Å². The van der Waals surface area contributed by atoms with Crippen LogP contribution < -0.4 is 5.73 Å². The van der Waals surface area contributed by atoms with Gasteiger partial charge in [-0.3, -0.25) is 4.79 Å². The van der Waals surface area contributed by atoms with Gasteiger partial charge in [0.05, 0.1) is 6.04 Å². The number of halogens is 1. The van der Waals surface area contributed by atoms with Gasteiger partial charge in [0, 0.05) is 25.6 Å². The van der Waals surface area contributed by atoms with Crippen LogP contribution in [0.5, 0.6) is 0 Å². The van der Waals surface area contributed by atoms with E-state index in [1.54, 1.807) is 12.7 Å². The number of likely N-dealkylation sites (tertiary alicyclic amines) is 1. The molecule has 1 saturated carbocycles. The summed E-state index contributed by atoms with van der Waals surface area (Å²) >= 11 is 0. The van der Waals surface area contributed by atoms with Crippen molar-refractivity contribution in [1.29, 1.82) is 0 Å². The van der Waals surface area contributed by atoms with E-state index >= 15 is 0 Å². The zero-order valence-electron chi connectivity index (χ0n) is 12.2. The Labute approximate surface area is 131 Å². The third-order valence-corrected chi connectivity index (χ3v) is 4.78. The van der Waals surface area contributed by atoms with E-state index in [0.29, 0.717) is 18.4 Å². The summed E-state index contributed by atoms with van der Waals surface area (Å²) < 4.78 is 1.91. The molecule has 0 bridgehead atoms. The molecule has 1 aliphatic heterocycles. The Kier molecular flexibility index (Phi) is 5.58. The average molecular weight is 314 g/mol. The summed E-state index contributed by atoms with van der Waals surface area (Å²) in [4.78, 5) is 18.3. The second-order valence-corrected chi connectivity index (χ2v) is 6.05. The molecule has 2 aliphatic rings. The fraction of sp³-hybridized carbons (Fsp3) is 0.786. The van der Waals surface area contributed by atoms with Crippen molar-refractivity contribution in [3.05, 3.63) is 12.7 Å². The lowest BCUT2D eigenvalue weighted by Gasteiger charge is -2.32. The number of nitrogens with zero attached hydrogens (tertiary/aromatic N) is 4. The molecule has 118 valence electrons. The molecule has 6 nitrogen and oxygen atoms in total. The second kappa shape index (κ2) is 7.22. The van der Waals surface area contributed by atoms with Crippen molar-refractivity contribution in [1.82, 2.24) is 19.7 Å². The Morgan fingerprint density at radius 3 is 2.57 bits per heavy atom. The molecule has 7 heteroatoms. The topological polar surface area (TPSA) is 77.0 Å². The highest BCUT2D eigenvalue weighted by Gasteiger charge is 2.30. The van der Waals surface area contributed by atoms with Crippen LogP contribution in [0.4, 0.5) is 0 Å². The highest BCUT2D eigenvalue weighted by Crippen LogP contribution is 2.28. The van der Waals surface area contributed by atoms with E-state index in [1.807, 2.05) is 9.58 Å². The van der Waals surface area contributed by atoms with Crippen LogP contribution in [0, 0.1) is 5.92 Å². The minimum absolute atomic E-state index is 0. The summed E-state index contributed by atoms with van der Waals surface area (Å²) in [5.41, 5.74) is 6.05. The third kappa shape index (κ3) is 3.74. The van der Waals surface area contributed by atoms with Crippen molar-refractivity contribution in [3.63, 3.8) is 0 Å². The van der Waals surface area contributed by atoms with Crippen molar-refractivity contribution >= 4 is 18.3 Å². The van der Waals surface area contributed by atoms with Crippen LogP contribution in [0.1, 0.15) is 44.6 Å². The lowest BCUT2D eigenvalue weighted by atomic mass is 9.98. The minimum atomic E-state index is 0. The summed E-state index contributed by atoms with van der Waals surface area (Å²) in [7, 11) is 0. The van der Waals surface area contributed by atoms with E-state index in [4.69, 9.17) is 5.73 Å². The van der Waals surface area contributed by atoms with Crippen molar-refractivity contribution in [2.24, 2.45) is 11.7 Å². The number of piperidine rings is 1. The number of nitrogens with two attached hydrogens (primary N) is 1. The number of aromatic nitrogens is 3. The maximum Gasteiger partial charge on any atom is 0.222 e. The number of hydrogen-bond donors (Lipinski definition) is 1. The van der Waals surface area contributed by atoms with E-state index in [2.05, 4.69) is 10.1 Å². The number of rotatable bonds is 3. The fourth-order valence-corrected chi connectivity index (χ4v) is 3.46. The maximum atomic E-state index is 12.3. The van der Waals surface area contributed by atoms with Gasteiger partial charge in [0.1, 0.15) is 12.7 Å². The van der Waals surface area contributed by atoms with Crippen molar-refractivity contribution < 1.29 is 4.79 Å². The lowest BCUT2D eigenvalue weighted by Crippen LogP contribution is -2.41. The first-order chi connectivity index (χ1) is 9.74. The molecule has 2 N–H and O–H groups in total. The van der Waals surface area contributed by atoms with Gasteiger partial charge in [-0.15, -0.1) is 12.4 Å². The number of carbonyl (C=O) groups excluding carboxylic acids is 1. The Morgan fingerprint density at radius 1 is 1.24 bits per heavy atom. The van der Waals surface area contributed by atoms with Gasteiger partial charge < -0.3 is 10.6 Å². The van der Waals surface area contributed by atoms with Crippen molar-refractivity contribution in [2.75, 3.05) is 13.1 Å². The van der Waals surface area contributed by atoms with E-state index < -0.39 is 0 Å². The van der Waals surface area contributed by atoms with Gasteiger partial charge in [-0.2, -0.15) is 5.10 Å². The van der Waals surface area contributed by atoms with Gasteiger partial charge in [-0.05, 0) is 31.6 Å². The molecular formula is C14H24ClN5O. The maximum absolute atomic E-state index is 12.3. The third-order valence-electron chi connectivity index (χ3n) is 4.78. The molecule has 0 unspecified atom stereocenters. The molecule has 1 aliphatic carbocycles. The van der Waals surface area contributed by atoms with Gasteiger partial charge in [0.2, 0.25) is 5.91 Å². The van der Waals surface area contributed by atoms with Crippen LogP contribution in [-0.4, -0.2) is 44.7 Å². The molecule has 1 amide bonds. The van der Waals surface area contributed by atoms with Crippen LogP contribution in [0.2, 0.25) is 0 Å². The molecule has 2 heterocycles. The predicted octanol–water partition coefficient (Wildman–Crippen LogP) is 1.38. The van der Waals surface area contributed by atoms with Crippen molar-refractivity contribution in [2.45, 2.75) is 50.6 Å². The molecule has 1 saturated heterocycles. The normalized spacial score (nSPS) is 26.6. The molecule has 2 fully saturated rings. The van der Waals surface area contributed by atoms with Crippen LogP contribution in [0.15, 0.2) is 12.7 Å². The summed E-state index contributed by atoms with van der Waals surface area (Å²) in [6.45, 7) is 1.65. The molecule has 0 radical (unpaired) electrons. The monoisotopic (exact) mass is 313 g/mol. The molecule has 1 aromatic rings. The largest absolute Gasteiger partial charge is 0.343 e. The number of hydrogen-bond acceptors (Lipinski definition) is 4. The molecule has 0 aromatic carbocycles. The fourth-order valence-electron chi connectivity index (χ4n) is 3.46. The number of amides is 1. The predicted molar refractivity (Wildman–Crippen MR) is 82.1 cm³/mol.